The number of aryl methyl sites for hydroxylation is 2. The molecule has 0 spiro atoms. The summed E-state index contributed by atoms with van der Waals surface area (Å²) in [5.41, 5.74) is 4.16. The molecule has 7 nitrogen and oxygen atoms in total. The van der Waals surface area contributed by atoms with Crippen molar-refractivity contribution in [3.05, 3.63) is 62.5 Å². The molecule has 0 radical (unpaired) electrons. The van der Waals surface area contributed by atoms with Gasteiger partial charge in [-0.25, -0.2) is 0 Å². The molecule has 2 aliphatic heterocycles. The molecule has 184 valence electrons. The van der Waals surface area contributed by atoms with E-state index in [1.807, 2.05) is 31.2 Å². The van der Waals surface area contributed by atoms with Crippen LogP contribution in [-0.2, 0) is 4.79 Å². The number of carbonyl (C=O) groups excluding carboxylic acids is 1. The molecule has 1 atom stereocenters. The molecule has 1 aromatic carbocycles. The fourth-order valence-corrected chi connectivity index (χ4v) is 6.14. The van der Waals surface area contributed by atoms with Gasteiger partial charge in [-0.2, -0.15) is 0 Å². The predicted molar refractivity (Wildman–Crippen MR) is 141 cm³/mol. The highest BCUT2D eigenvalue weighted by molar-refractivity contribution is 7.15. The van der Waals surface area contributed by atoms with E-state index in [0.29, 0.717) is 17.9 Å². The maximum Gasteiger partial charge on any atom is 0.163 e. The molecule has 35 heavy (non-hydrogen) atoms. The number of piperazine rings is 1. The maximum atomic E-state index is 13.2. The maximum absolute atomic E-state index is 13.2. The Hall–Kier alpha value is -2.39. The fraction of sp³-hybridized carbons (Fsp3) is 0.462. The Morgan fingerprint density at radius 2 is 1.80 bits per heavy atom. The number of hydrogen-bond acceptors (Lipinski definition) is 7. The van der Waals surface area contributed by atoms with Crippen LogP contribution in [-0.4, -0.2) is 75.8 Å². The van der Waals surface area contributed by atoms with Crippen molar-refractivity contribution in [3.63, 3.8) is 0 Å². The highest BCUT2D eigenvalue weighted by atomic mass is 35.5. The molecule has 4 heterocycles. The van der Waals surface area contributed by atoms with Crippen LogP contribution in [0.2, 0.25) is 5.02 Å². The summed E-state index contributed by atoms with van der Waals surface area (Å²) in [6.45, 7) is 11.2. The van der Waals surface area contributed by atoms with Crippen LogP contribution in [0.25, 0.3) is 5.00 Å². The van der Waals surface area contributed by atoms with Gasteiger partial charge in [0, 0.05) is 66.6 Å². The minimum atomic E-state index is -0.388. The quantitative estimate of drug-likeness (QED) is 0.492. The SMILES string of the molecule is Cc1sc2c(c1C)C(c1ccc(Cl)cc1)=N[C@@H](CC(=O)CCN1CCN(C)CC1)c1nnc(C)n1-2. The Balaban J connectivity index is 1.49. The topological polar surface area (TPSA) is 66.6 Å². The normalized spacial score (nSPS) is 18.7. The average molecular weight is 511 g/mol. The van der Waals surface area contributed by atoms with Crippen LogP contribution >= 0.6 is 22.9 Å². The minimum Gasteiger partial charge on any atom is -0.304 e. The minimum absolute atomic E-state index is 0.207. The van der Waals surface area contributed by atoms with Crippen molar-refractivity contribution in [3.8, 4) is 5.00 Å². The highest BCUT2D eigenvalue weighted by Gasteiger charge is 2.32. The van der Waals surface area contributed by atoms with E-state index in [4.69, 9.17) is 16.6 Å². The number of aromatic nitrogens is 3. The summed E-state index contributed by atoms with van der Waals surface area (Å²) in [6.07, 6.45) is 0.842. The molecule has 0 aliphatic carbocycles. The van der Waals surface area contributed by atoms with Gasteiger partial charge in [-0.1, -0.05) is 23.7 Å². The predicted octanol–water partition coefficient (Wildman–Crippen LogP) is 4.40. The second kappa shape index (κ2) is 9.93. The number of benzene rings is 1. The van der Waals surface area contributed by atoms with E-state index in [1.165, 1.54) is 10.4 Å². The van der Waals surface area contributed by atoms with Crippen LogP contribution in [0.1, 0.15) is 52.1 Å². The van der Waals surface area contributed by atoms with Gasteiger partial charge >= 0.3 is 0 Å². The number of rotatable bonds is 6. The molecular formula is C26H31ClN6OS. The van der Waals surface area contributed by atoms with E-state index in [2.05, 4.69) is 45.5 Å². The lowest BCUT2D eigenvalue weighted by molar-refractivity contribution is -0.119. The Labute approximate surface area is 215 Å². The summed E-state index contributed by atoms with van der Waals surface area (Å²) < 4.78 is 2.10. The number of aliphatic imine (C=N–C) groups is 1. The third-order valence-electron chi connectivity index (χ3n) is 7.08. The number of hydrogen-bond donors (Lipinski definition) is 0. The van der Waals surface area contributed by atoms with Crippen LogP contribution < -0.4 is 0 Å². The third-order valence-corrected chi connectivity index (χ3v) is 8.53. The van der Waals surface area contributed by atoms with Crippen molar-refractivity contribution in [2.24, 2.45) is 4.99 Å². The van der Waals surface area contributed by atoms with E-state index in [1.54, 1.807) is 11.3 Å². The Morgan fingerprint density at radius 1 is 1.09 bits per heavy atom. The van der Waals surface area contributed by atoms with E-state index in [0.717, 1.165) is 66.2 Å². The number of carbonyl (C=O) groups is 1. The number of nitrogens with zero attached hydrogens (tertiary/aromatic N) is 6. The number of ketones is 1. The molecule has 9 heteroatoms. The molecule has 0 unspecified atom stereocenters. The first-order valence-electron chi connectivity index (χ1n) is 12.1. The van der Waals surface area contributed by atoms with Crippen LogP contribution in [0.15, 0.2) is 29.3 Å². The number of fused-ring (bicyclic) bond motifs is 3. The molecule has 0 N–H and O–H groups in total. The second-order valence-electron chi connectivity index (χ2n) is 9.54. The van der Waals surface area contributed by atoms with E-state index in [-0.39, 0.29) is 11.8 Å². The molecule has 5 rings (SSSR count). The van der Waals surface area contributed by atoms with Crippen LogP contribution in [0.5, 0.6) is 0 Å². The van der Waals surface area contributed by atoms with Crippen molar-refractivity contribution >= 4 is 34.4 Å². The lowest BCUT2D eigenvalue weighted by Crippen LogP contribution is -2.45. The highest BCUT2D eigenvalue weighted by Crippen LogP contribution is 2.39. The first-order chi connectivity index (χ1) is 16.8. The summed E-state index contributed by atoms with van der Waals surface area (Å²) in [4.78, 5) is 24.3. The lowest BCUT2D eigenvalue weighted by atomic mass is 9.99. The van der Waals surface area contributed by atoms with Crippen molar-refractivity contribution in [2.45, 2.75) is 39.7 Å². The number of likely N-dealkylation sites (N-methyl/N-ethyl adjacent to an activating group) is 1. The number of Topliss-reactive ketones (excluding diaryl/α,β-unsaturated/α-hetero) is 1. The van der Waals surface area contributed by atoms with Gasteiger partial charge in [0.15, 0.2) is 5.82 Å². The zero-order valence-electron chi connectivity index (χ0n) is 20.7. The molecule has 1 saturated heterocycles. The second-order valence-corrected chi connectivity index (χ2v) is 11.2. The third kappa shape index (κ3) is 4.85. The Morgan fingerprint density at radius 3 is 2.51 bits per heavy atom. The molecule has 0 saturated carbocycles. The van der Waals surface area contributed by atoms with Crippen LogP contribution in [0, 0.1) is 20.8 Å². The van der Waals surface area contributed by atoms with Crippen LogP contribution in [0.3, 0.4) is 0 Å². The largest absolute Gasteiger partial charge is 0.304 e. The zero-order chi connectivity index (χ0) is 24.7. The summed E-state index contributed by atoms with van der Waals surface area (Å²) in [5.74, 6) is 1.75. The van der Waals surface area contributed by atoms with Gasteiger partial charge in [0.1, 0.15) is 22.7 Å². The fourth-order valence-electron chi connectivity index (χ4n) is 4.80. The summed E-state index contributed by atoms with van der Waals surface area (Å²) in [7, 11) is 2.14. The van der Waals surface area contributed by atoms with Crippen molar-refractivity contribution in [1.82, 2.24) is 24.6 Å². The molecule has 2 aromatic heterocycles. The summed E-state index contributed by atoms with van der Waals surface area (Å²) in [6, 6.07) is 7.40. The summed E-state index contributed by atoms with van der Waals surface area (Å²) >= 11 is 7.91. The van der Waals surface area contributed by atoms with Crippen molar-refractivity contribution < 1.29 is 4.79 Å². The lowest BCUT2D eigenvalue weighted by Gasteiger charge is -2.32. The number of thiophene rings is 1. The molecule has 1 fully saturated rings. The average Bonchev–Trinajstić information content (AvgIpc) is 3.31. The van der Waals surface area contributed by atoms with E-state index in [9.17, 15) is 4.79 Å². The molecule has 3 aromatic rings. The van der Waals surface area contributed by atoms with E-state index < -0.39 is 0 Å². The monoisotopic (exact) mass is 510 g/mol. The summed E-state index contributed by atoms with van der Waals surface area (Å²) in [5, 5.41) is 10.6. The molecule has 0 amide bonds. The van der Waals surface area contributed by atoms with Crippen LogP contribution in [0.4, 0.5) is 0 Å². The zero-order valence-corrected chi connectivity index (χ0v) is 22.3. The standard InChI is InChI=1S/C26H31ClN6OS/c1-16-17(2)35-26-23(16)24(19-5-7-20(27)8-6-19)28-22(25-30-29-18(3)33(25)26)15-21(34)9-10-32-13-11-31(4)12-14-32/h5-8,22H,9-15H2,1-4H3/t22-/m0/s1. The van der Waals surface area contributed by atoms with Crippen molar-refractivity contribution in [2.75, 3.05) is 39.8 Å². The first-order valence-corrected chi connectivity index (χ1v) is 13.3. The van der Waals surface area contributed by atoms with Gasteiger partial charge in [0.25, 0.3) is 0 Å². The smallest absolute Gasteiger partial charge is 0.163 e. The van der Waals surface area contributed by atoms with Gasteiger partial charge in [-0.05, 0) is 45.5 Å². The van der Waals surface area contributed by atoms with Crippen molar-refractivity contribution in [1.29, 1.82) is 0 Å². The molecule has 0 bridgehead atoms. The number of halogens is 1. The van der Waals surface area contributed by atoms with Gasteiger partial charge in [0.05, 0.1) is 5.71 Å². The van der Waals surface area contributed by atoms with Gasteiger partial charge in [-0.15, -0.1) is 21.5 Å². The van der Waals surface area contributed by atoms with E-state index >= 15 is 0 Å². The molecular weight excluding hydrogens is 480 g/mol. The first kappa shape index (κ1) is 24.3. The van der Waals surface area contributed by atoms with Gasteiger partial charge in [-0.3, -0.25) is 14.4 Å². The van der Waals surface area contributed by atoms with Gasteiger partial charge in [0.2, 0.25) is 0 Å². The molecule has 2 aliphatic rings. The Bertz CT molecular complexity index is 1270. The Kier molecular flexibility index (Phi) is 6.90. The van der Waals surface area contributed by atoms with Gasteiger partial charge < -0.3 is 9.80 Å².